The molecule has 0 aliphatic carbocycles. The third kappa shape index (κ3) is 2.77. The lowest BCUT2D eigenvalue weighted by molar-refractivity contribution is 0.0998. The number of carbonyl (C=O) groups is 1. The van der Waals surface area contributed by atoms with E-state index in [-0.39, 0.29) is 6.04 Å². The molecule has 18 heavy (non-hydrogen) atoms. The molecule has 0 saturated heterocycles. The van der Waals surface area contributed by atoms with Gasteiger partial charge in [0.05, 0.1) is 6.20 Å². The highest BCUT2D eigenvalue weighted by Crippen LogP contribution is 2.24. The molecule has 0 aliphatic rings. The summed E-state index contributed by atoms with van der Waals surface area (Å²) in [6.45, 7) is 2.04. The van der Waals surface area contributed by atoms with Crippen molar-refractivity contribution in [1.29, 1.82) is 0 Å². The minimum atomic E-state index is -0.521. The average Bonchev–Trinajstić information content (AvgIpc) is 2.94. The third-order valence-electron chi connectivity index (χ3n) is 2.72. The zero-order valence-electron chi connectivity index (χ0n) is 10.1. The van der Waals surface area contributed by atoms with Gasteiger partial charge in [0.1, 0.15) is 11.3 Å². The summed E-state index contributed by atoms with van der Waals surface area (Å²) in [5, 5.41) is 3.58. The van der Waals surface area contributed by atoms with Gasteiger partial charge in [-0.2, -0.15) is 0 Å². The van der Waals surface area contributed by atoms with E-state index in [0.717, 1.165) is 4.88 Å². The second-order valence-electron chi connectivity index (χ2n) is 4.12. The van der Waals surface area contributed by atoms with Crippen LogP contribution in [0.1, 0.15) is 38.3 Å². The van der Waals surface area contributed by atoms with Crippen molar-refractivity contribution in [3.63, 3.8) is 0 Å². The second kappa shape index (κ2) is 5.32. The molecule has 0 aromatic carbocycles. The summed E-state index contributed by atoms with van der Waals surface area (Å²) in [6, 6.07) is 4.01. The van der Waals surface area contributed by atoms with Crippen LogP contribution in [0.25, 0.3) is 0 Å². The first-order chi connectivity index (χ1) is 8.58. The SMILES string of the molecule is Cc1ccc(C(N)CCc2oncc2C(N)=O)s1. The van der Waals surface area contributed by atoms with Crippen molar-refractivity contribution in [3.8, 4) is 0 Å². The maximum absolute atomic E-state index is 11.1. The number of thiophene rings is 1. The van der Waals surface area contributed by atoms with Crippen molar-refractivity contribution < 1.29 is 9.32 Å². The van der Waals surface area contributed by atoms with Gasteiger partial charge in [-0.25, -0.2) is 0 Å². The molecule has 2 aromatic rings. The normalized spacial score (nSPS) is 12.6. The van der Waals surface area contributed by atoms with Gasteiger partial charge in [-0.15, -0.1) is 11.3 Å². The molecule has 96 valence electrons. The van der Waals surface area contributed by atoms with E-state index in [4.69, 9.17) is 16.0 Å². The minimum absolute atomic E-state index is 0.0606. The van der Waals surface area contributed by atoms with E-state index in [1.54, 1.807) is 11.3 Å². The number of rotatable bonds is 5. The molecule has 2 rings (SSSR count). The van der Waals surface area contributed by atoms with Crippen LogP contribution >= 0.6 is 11.3 Å². The van der Waals surface area contributed by atoms with Gasteiger partial charge < -0.3 is 16.0 Å². The molecule has 0 radical (unpaired) electrons. The minimum Gasteiger partial charge on any atom is -0.365 e. The highest BCUT2D eigenvalue weighted by Gasteiger charge is 2.15. The first-order valence-corrected chi connectivity index (χ1v) is 6.45. The molecule has 4 N–H and O–H groups in total. The molecule has 5 nitrogen and oxygen atoms in total. The summed E-state index contributed by atoms with van der Waals surface area (Å²) >= 11 is 1.68. The number of nitrogens with zero attached hydrogens (tertiary/aromatic N) is 1. The summed E-state index contributed by atoms with van der Waals surface area (Å²) in [7, 11) is 0. The molecule has 0 saturated carbocycles. The first kappa shape index (κ1) is 12.8. The third-order valence-corrected chi connectivity index (χ3v) is 3.85. The predicted octanol–water partition coefficient (Wildman–Crippen LogP) is 1.78. The van der Waals surface area contributed by atoms with Crippen LogP contribution in [0.2, 0.25) is 0 Å². The van der Waals surface area contributed by atoms with Crippen LogP contribution in [-0.2, 0) is 6.42 Å². The molecule has 1 atom stereocenters. The molecule has 0 spiro atoms. The summed E-state index contributed by atoms with van der Waals surface area (Å²) in [5.41, 5.74) is 11.6. The predicted molar refractivity (Wildman–Crippen MR) is 69.3 cm³/mol. The zero-order chi connectivity index (χ0) is 13.1. The van der Waals surface area contributed by atoms with E-state index < -0.39 is 5.91 Å². The molecule has 0 bridgehead atoms. The van der Waals surface area contributed by atoms with E-state index >= 15 is 0 Å². The Hall–Kier alpha value is -1.66. The number of aryl methyl sites for hydroxylation is 2. The molecule has 1 amide bonds. The van der Waals surface area contributed by atoms with Gasteiger partial charge >= 0.3 is 0 Å². The molecule has 2 aromatic heterocycles. The standard InChI is InChI=1S/C12H15N3O2S/c1-7-2-5-11(18-7)9(13)3-4-10-8(12(14)16)6-15-17-10/h2,5-6,9H,3-4,13H2,1H3,(H2,14,16). The topological polar surface area (TPSA) is 95.1 Å². The molecule has 0 aliphatic heterocycles. The number of carbonyl (C=O) groups excluding carboxylic acids is 1. The van der Waals surface area contributed by atoms with Gasteiger partial charge in [-0.1, -0.05) is 5.16 Å². The Bertz CT molecular complexity index is 547. The van der Waals surface area contributed by atoms with Crippen LogP contribution in [0.15, 0.2) is 22.9 Å². The van der Waals surface area contributed by atoms with Crippen LogP contribution in [0.3, 0.4) is 0 Å². The lowest BCUT2D eigenvalue weighted by atomic mass is 10.1. The van der Waals surface area contributed by atoms with Crippen molar-refractivity contribution in [2.75, 3.05) is 0 Å². The van der Waals surface area contributed by atoms with Crippen LogP contribution in [0, 0.1) is 6.92 Å². The fraction of sp³-hybridized carbons (Fsp3) is 0.333. The van der Waals surface area contributed by atoms with Gasteiger partial charge in [-0.05, 0) is 25.5 Å². The highest BCUT2D eigenvalue weighted by molar-refractivity contribution is 7.12. The number of hydrogen-bond donors (Lipinski definition) is 2. The van der Waals surface area contributed by atoms with Crippen molar-refractivity contribution >= 4 is 17.2 Å². The number of hydrogen-bond acceptors (Lipinski definition) is 5. The van der Waals surface area contributed by atoms with Gasteiger partial charge in [0.25, 0.3) is 5.91 Å². The Morgan fingerprint density at radius 1 is 1.56 bits per heavy atom. The summed E-state index contributed by atoms with van der Waals surface area (Å²) in [5.74, 6) is -0.0157. The van der Waals surface area contributed by atoms with Crippen LogP contribution < -0.4 is 11.5 Å². The Balaban J connectivity index is 1.99. The van der Waals surface area contributed by atoms with E-state index in [9.17, 15) is 4.79 Å². The van der Waals surface area contributed by atoms with Crippen LogP contribution in [-0.4, -0.2) is 11.1 Å². The zero-order valence-corrected chi connectivity index (χ0v) is 10.9. The summed E-state index contributed by atoms with van der Waals surface area (Å²) < 4.78 is 5.01. The molecule has 6 heteroatoms. The van der Waals surface area contributed by atoms with E-state index in [0.29, 0.717) is 24.2 Å². The van der Waals surface area contributed by atoms with Gasteiger partial charge in [0.2, 0.25) is 0 Å². The van der Waals surface area contributed by atoms with E-state index in [2.05, 4.69) is 5.16 Å². The average molecular weight is 265 g/mol. The Morgan fingerprint density at radius 2 is 2.33 bits per heavy atom. The Kier molecular flexibility index (Phi) is 3.78. The molecular formula is C12H15N3O2S. The highest BCUT2D eigenvalue weighted by atomic mass is 32.1. The monoisotopic (exact) mass is 265 g/mol. The number of aromatic nitrogens is 1. The number of nitrogens with two attached hydrogens (primary N) is 2. The van der Waals surface area contributed by atoms with Crippen molar-refractivity contribution in [1.82, 2.24) is 5.16 Å². The molecule has 2 heterocycles. The maximum Gasteiger partial charge on any atom is 0.253 e. The van der Waals surface area contributed by atoms with Crippen LogP contribution in [0.4, 0.5) is 0 Å². The van der Waals surface area contributed by atoms with E-state index in [1.165, 1.54) is 11.1 Å². The summed E-state index contributed by atoms with van der Waals surface area (Å²) in [4.78, 5) is 13.5. The fourth-order valence-electron chi connectivity index (χ4n) is 1.73. The molecule has 0 fully saturated rings. The second-order valence-corrected chi connectivity index (χ2v) is 5.44. The Labute approximate surface area is 109 Å². The van der Waals surface area contributed by atoms with Gasteiger partial charge in [-0.3, -0.25) is 4.79 Å². The van der Waals surface area contributed by atoms with Gasteiger partial charge in [0, 0.05) is 22.2 Å². The van der Waals surface area contributed by atoms with Gasteiger partial charge in [0.15, 0.2) is 0 Å². The summed E-state index contributed by atoms with van der Waals surface area (Å²) in [6.07, 6.45) is 2.59. The Morgan fingerprint density at radius 3 is 2.94 bits per heavy atom. The van der Waals surface area contributed by atoms with Crippen molar-refractivity contribution in [3.05, 3.63) is 39.4 Å². The lowest BCUT2D eigenvalue weighted by Crippen LogP contribution is -2.14. The lowest BCUT2D eigenvalue weighted by Gasteiger charge is -2.07. The van der Waals surface area contributed by atoms with E-state index in [1.807, 2.05) is 19.1 Å². The van der Waals surface area contributed by atoms with Crippen LogP contribution in [0.5, 0.6) is 0 Å². The maximum atomic E-state index is 11.1. The largest absolute Gasteiger partial charge is 0.365 e. The number of amides is 1. The quantitative estimate of drug-likeness (QED) is 0.861. The molecule has 1 unspecified atom stereocenters. The molecular weight excluding hydrogens is 250 g/mol. The number of primary amides is 1. The smallest absolute Gasteiger partial charge is 0.253 e. The van der Waals surface area contributed by atoms with Crippen molar-refractivity contribution in [2.24, 2.45) is 11.5 Å². The first-order valence-electron chi connectivity index (χ1n) is 5.63. The van der Waals surface area contributed by atoms with Crippen molar-refractivity contribution in [2.45, 2.75) is 25.8 Å². The fourth-order valence-corrected chi connectivity index (χ4v) is 2.64.